The van der Waals surface area contributed by atoms with E-state index < -0.39 is 0 Å². The molecule has 0 amide bonds. The molecule has 3 nitrogen and oxygen atoms in total. The van der Waals surface area contributed by atoms with Crippen LogP contribution in [0.4, 0.5) is 0 Å². The standard InChI is InChI=1S/C41H26N2O/c1-2-11-31-25-33(23-18-27(31)9-1)39-40(30-21-19-29(20-22-30)35-16-7-13-28-10-3-5-14-34(28)35)42-43-37(38-17-8-24-44-38)26-32-12-4-6-15-36(32)41(39)43/h1-26H. The predicted octanol–water partition coefficient (Wildman–Crippen LogP) is 11.1. The van der Waals surface area contributed by atoms with Crippen LogP contribution in [0.15, 0.2) is 162 Å². The summed E-state index contributed by atoms with van der Waals surface area (Å²) in [5.41, 5.74) is 8.65. The molecule has 3 heteroatoms. The van der Waals surface area contributed by atoms with Gasteiger partial charge in [0, 0.05) is 16.5 Å². The summed E-state index contributed by atoms with van der Waals surface area (Å²) in [6.07, 6.45) is 1.72. The van der Waals surface area contributed by atoms with Crippen molar-refractivity contribution in [2.75, 3.05) is 0 Å². The molecule has 0 aliphatic rings. The largest absolute Gasteiger partial charge is 0.463 e. The summed E-state index contributed by atoms with van der Waals surface area (Å²) in [5, 5.41) is 12.6. The van der Waals surface area contributed by atoms with Gasteiger partial charge in [-0.25, -0.2) is 4.52 Å². The zero-order valence-corrected chi connectivity index (χ0v) is 23.8. The van der Waals surface area contributed by atoms with E-state index in [-0.39, 0.29) is 0 Å². The highest BCUT2D eigenvalue weighted by molar-refractivity contribution is 6.09. The first-order valence-electron chi connectivity index (χ1n) is 14.9. The molecule has 206 valence electrons. The maximum absolute atomic E-state index is 5.93. The first-order chi connectivity index (χ1) is 21.8. The molecule has 0 aliphatic heterocycles. The van der Waals surface area contributed by atoms with Crippen LogP contribution in [0.3, 0.4) is 0 Å². The van der Waals surface area contributed by atoms with Crippen LogP contribution in [-0.2, 0) is 0 Å². The second kappa shape index (κ2) is 9.82. The van der Waals surface area contributed by atoms with Crippen molar-refractivity contribution in [1.29, 1.82) is 0 Å². The summed E-state index contributed by atoms with van der Waals surface area (Å²) in [6, 6.07) is 53.8. The van der Waals surface area contributed by atoms with Crippen molar-refractivity contribution in [1.82, 2.24) is 9.61 Å². The number of rotatable bonds is 4. The first kappa shape index (κ1) is 24.6. The fraction of sp³-hybridized carbons (Fsp3) is 0. The maximum atomic E-state index is 5.93. The lowest BCUT2D eigenvalue weighted by Crippen LogP contribution is -1.94. The second-order valence-corrected chi connectivity index (χ2v) is 11.2. The van der Waals surface area contributed by atoms with Gasteiger partial charge < -0.3 is 4.42 Å². The quantitative estimate of drug-likeness (QED) is 0.214. The van der Waals surface area contributed by atoms with E-state index in [9.17, 15) is 0 Å². The van der Waals surface area contributed by atoms with Crippen LogP contribution in [0.1, 0.15) is 0 Å². The number of furan rings is 1. The zero-order chi connectivity index (χ0) is 29.0. The molecule has 0 fully saturated rings. The van der Waals surface area contributed by atoms with Gasteiger partial charge in [-0.15, -0.1) is 0 Å². The second-order valence-electron chi connectivity index (χ2n) is 11.2. The Balaban J connectivity index is 1.33. The van der Waals surface area contributed by atoms with Gasteiger partial charge in [0.25, 0.3) is 0 Å². The number of fused-ring (bicyclic) bond motifs is 5. The van der Waals surface area contributed by atoms with Crippen LogP contribution in [0.5, 0.6) is 0 Å². The fourth-order valence-corrected chi connectivity index (χ4v) is 6.59. The van der Waals surface area contributed by atoms with Crippen molar-refractivity contribution < 1.29 is 4.42 Å². The lowest BCUT2D eigenvalue weighted by molar-refractivity contribution is 0.578. The molecular formula is C41H26N2O. The molecule has 0 aliphatic carbocycles. The molecule has 0 saturated heterocycles. The van der Waals surface area contributed by atoms with Gasteiger partial charge in [-0.2, -0.15) is 5.10 Å². The van der Waals surface area contributed by atoms with Crippen LogP contribution in [-0.4, -0.2) is 9.61 Å². The van der Waals surface area contributed by atoms with Gasteiger partial charge in [0.15, 0.2) is 5.76 Å². The van der Waals surface area contributed by atoms with Gasteiger partial charge in [0.05, 0.1) is 11.8 Å². The maximum Gasteiger partial charge on any atom is 0.152 e. The highest BCUT2D eigenvalue weighted by atomic mass is 16.3. The minimum absolute atomic E-state index is 0.783. The van der Waals surface area contributed by atoms with Gasteiger partial charge >= 0.3 is 0 Å². The van der Waals surface area contributed by atoms with Crippen LogP contribution >= 0.6 is 0 Å². The highest BCUT2D eigenvalue weighted by Crippen LogP contribution is 2.42. The average molecular weight is 563 g/mol. The van der Waals surface area contributed by atoms with E-state index in [2.05, 4.69) is 144 Å². The van der Waals surface area contributed by atoms with E-state index in [1.54, 1.807) is 6.26 Å². The van der Waals surface area contributed by atoms with E-state index in [0.717, 1.165) is 50.1 Å². The lowest BCUT2D eigenvalue weighted by Gasteiger charge is -2.10. The molecule has 0 saturated carbocycles. The number of hydrogen-bond acceptors (Lipinski definition) is 2. The summed E-state index contributed by atoms with van der Waals surface area (Å²) in [7, 11) is 0. The Morgan fingerprint density at radius 3 is 1.98 bits per heavy atom. The molecule has 3 aromatic heterocycles. The number of benzene rings is 6. The summed E-state index contributed by atoms with van der Waals surface area (Å²) in [6.45, 7) is 0. The minimum atomic E-state index is 0.783. The van der Waals surface area contributed by atoms with Crippen LogP contribution in [0, 0.1) is 0 Å². The van der Waals surface area contributed by atoms with Crippen LogP contribution < -0.4 is 0 Å². The average Bonchev–Trinajstić information content (AvgIpc) is 3.77. The minimum Gasteiger partial charge on any atom is -0.463 e. The number of pyridine rings is 1. The molecule has 9 aromatic rings. The number of hydrogen-bond donors (Lipinski definition) is 0. The molecule has 0 spiro atoms. The Kier molecular flexibility index (Phi) is 5.50. The van der Waals surface area contributed by atoms with E-state index in [0.29, 0.717) is 0 Å². The summed E-state index contributed by atoms with van der Waals surface area (Å²) >= 11 is 0. The van der Waals surface area contributed by atoms with E-state index in [4.69, 9.17) is 9.52 Å². The number of nitrogens with zero attached hydrogens (tertiary/aromatic N) is 2. The Bertz CT molecular complexity index is 2480. The lowest BCUT2D eigenvalue weighted by atomic mass is 9.94. The fourth-order valence-electron chi connectivity index (χ4n) is 6.59. The van der Waals surface area contributed by atoms with Gasteiger partial charge in [-0.1, -0.05) is 127 Å². The predicted molar refractivity (Wildman–Crippen MR) is 182 cm³/mol. The van der Waals surface area contributed by atoms with Gasteiger partial charge in [0.1, 0.15) is 11.4 Å². The Morgan fingerprint density at radius 1 is 0.477 bits per heavy atom. The molecule has 3 heterocycles. The SMILES string of the molecule is c1coc(-c2cc3ccccc3c3c(-c4ccc5ccccc5c4)c(-c4ccc(-c5cccc6ccccc56)cc4)nn23)c1. The van der Waals surface area contributed by atoms with Crippen LogP contribution in [0.2, 0.25) is 0 Å². The molecule has 0 N–H and O–H groups in total. The Morgan fingerprint density at radius 2 is 1.16 bits per heavy atom. The Hall–Kier alpha value is -5.93. The van der Waals surface area contributed by atoms with Crippen molar-refractivity contribution in [2.45, 2.75) is 0 Å². The zero-order valence-electron chi connectivity index (χ0n) is 23.8. The molecule has 0 bridgehead atoms. The van der Waals surface area contributed by atoms with Gasteiger partial charge in [-0.05, 0) is 67.9 Å². The van der Waals surface area contributed by atoms with Crippen molar-refractivity contribution in [2.24, 2.45) is 0 Å². The summed E-state index contributed by atoms with van der Waals surface area (Å²) < 4.78 is 8.00. The third kappa shape index (κ3) is 3.87. The normalized spacial score (nSPS) is 11.6. The molecule has 0 atom stereocenters. The van der Waals surface area contributed by atoms with Crippen LogP contribution in [0.25, 0.3) is 82.8 Å². The smallest absolute Gasteiger partial charge is 0.152 e. The molecule has 6 aromatic carbocycles. The molecule has 0 radical (unpaired) electrons. The third-order valence-electron chi connectivity index (χ3n) is 8.69. The number of aromatic nitrogens is 2. The highest BCUT2D eigenvalue weighted by Gasteiger charge is 2.22. The van der Waals surface area contributed by atoms with Crippen molar-refractivity contribution in [3.05, 3.63) is 158 Å². The first-order valence-corrected chi connectivity index (χ1v) is 14.9. The molecule has 0 unspecified atom stereocenters. The van der Waals surface area contributed by atoms with Gasteiger partial charge in [-0.3, -0.25) is 0 Å². The summed E-state index contributed by atoms with van der Waals surface area (Å²) in [5.74, 6) is 0.783. The summed E-state index contributed by atoms with van der Waals surface area (Å²) in [4.78, 5) is 0. The van der Waals surface area contributed by atoms with E-state index in [1.165, 1.54) is 32.7 Å². The van der Waals surface area contributed by atoms with E-state index >= 15 is 0 Å². The van der Waals surface area contributed by atoms with Crippen molar-refractivity contribution in [3.63, 3.8) is 0 Å². The van der Waals surface area contributed by atoms with Crippen molar-refractivity contribution >= 4 is 37.8 Å². The van der Waals surface area contributed by atoms with E-state index in [1.807, 2.05) is 12.1 Å². The monoisotopic (exact) mass is 562 g/mol. The topological polar surface area (TPSA) is 30.4 Å². The molecule has 9 rings (SSSR count). The third-order valence-corrected chi connectivity index (χ3v) is 8.69. The van der Waals surface area contributed by atoms with Crippen molar-refractivity contribution in [3.8, 4) is 45.0 Å². The Labute approximate surface area is 254 Å². The molecule has 44 heavy (non-hydrogen) atoms. The van der Waals surface area contributed by atoms with Gasteiger partial charge in [0.2, 0.25) is 0 Å². The molecular weight excluding hydrogens is 536 g/mol.